The molecule has 0 aromatic carbocycles. The summed E-state index contributed by atoms with van der Waals surface area (Å²) in [6.07, 6.45) is 5.31. The molecule has 0 aromatic rings. The summed E-state index contributed by atoms with van der Waals surface area (Å²) >= 11 is 0. The number of carboxylic acid groups (broad SMARTS) is 2. The number of hydrogen-bond donors (Lipinski definition) is 9. The second kappa shape index (κ2) is 34.2. The topological polar surface area (TPSA) is 305 Å². The number of esters is 1. The first-order valence-electron chi connectivity index (χ1n) is 26.9. The fourth-order valence-corrected chi connectivity index (χ4v) is 8.53. The SMILES string of the molecule is CC[C@H](C)[C@@H]1NC(=O)[C@@H](CC(C)C)NC(=O)[C@H](CC(=O)O)NC(=O)[C@H](C(C)C)NC(=O)[C@@H](CC(C)C)NC(=O)[C@H](CC(C)C)NC(=O)[C@H](CCC(=O)O)NC(=O)CC(CCCCCCCCCC(C)C)OC1=O. The Balaban J connectivity index is 3.96. The fourth-order valence-electron chi connectivity index (χ4n) is 8.53. The first-order valence-corrected chi connectivity index (χ1v) is 26.9. The Bertz CT molecular complexity index is 1810. The average Bonchev–Trinajstić information content (AvgIpc) is 3.27. The van der Waals surface area contributed by atoms with Crippen molar-refractivity contribution in [1.82, 2.24) is 37.2 Å². The molecule has 0 aromatic heterocycles. The Morgan fingerprint density at radius 1 is 0.493 bits per heavy atom. The van der Waals surface area contributed by atoms with Crippen molar-refractivity contribution in [2.45, 2.75) is 241 Å². The van der Waals surface area contributed by atoms with Crippen LogP contribution in [0.1, 0.15) is 192 Å². The Kier molecular flexibility index (Phi) is 30.8. The molecule has 1 aliphatic heterocycles. The van der Waals surface area contributed by atoms with E-state index in [-0.39, 0.29) is 49.9 Å². The number of aliphatic carboxylic acids is 2. The van der Waals surface area contributed by atoms with Gasteiger partial charge < -0.3 is 52.2 Å². The molecule has 1 heterocycles. The third kappa shape index (κ3) is 27.0. The molecule has 20 heteroatoms. The fraction of sp³-hybridized carbons (Fsp3) is 0.811. The molecule has 73 heavy (non-hydrogen) atoms. The van der Waals surface area contributed by atoms with Gasteiger partial charge in [0, 0.05) is 6.42 Å². The Morgan fingerprint density at radius 2 is 0.918 bits per heavy atom. The van der Waals surface area contributed by atoms with Gasteiger partial charge in [-0.1, -0.05) is 134 Å². The minimum absolute atomic E-state index is 0.0381. The second-order valence-corrected chi connectivity index (χ2v) is 22.1. The largest absolute Gasteiger partial charge is 0.481 e. The van der Waals surface area contributed by atoms with E-state index >= 15 is 0 Å². The molecule has 1 rings (SSSR count). The first kappa shape index (κ1) is 65.7. The third-order valence-electron chi connectivity index (χ3n) is 12.8. The van der Waals surface area contributed by atoms with Crippen LogP contribution in [0.3, 0.4) is 0 Å². The van der Waals surface area contributed by atoms with E-state index in [1.807, 2.05) is 0 Å². The average molecular weight is 1040 g/mol. The van der Waals surface area contributed by atoms with Gasteiger partial charge >= 0.3 is 17.9 Å². The van der Waals surface area contributed by atoms with Crippen LogP contribution in [0.25, 0.3) is 0 Å². The number of unbranched alkanes of at least 4 members (excludes halogenated alkanes) is 6. The summed E-state index contributed by atoms with van der Waals surface area (Å²) in [6.45, 7) is 21.9. The van der Waals surface area contributed by atoms with Crippen LogP contribution in [0.5, 0.6) is 0 Å². The molecule has 0 aliphatic carbocycles. The van der Waals surface area contributed by atoms with Crippen molar-refractivity contribution in [3.63, 3.8) is 0 Å². The van der Waals surface area contributed by atoms with Crippen molar-refractivity contribution in [3.8, 4) is 0 Å². The van der Waals surface area contributed by atoms with E-state index in [2.05, 4.69) is 51.1 Å². The van der Waals surface area contributed by atoms with Gasteiger partial charge in [0.25, 0.3) is 0 Å². The van der Waals surface area contributed by atoms with Crippen molar-refractivity contribution >= 4 is 59.3 Å². The predicted molar refractivity (Wildman–Crippen MR) is 276 cm³/mol. The van der Waals surface area contributed by atoms with Crippen LogP contribution < -0.4 is 37.2 Å². The maximum atomic E-state index is 14.3. The number of cyclic esters (lactones) is 1. The lowest BCUT2D eigenvalue weighted by molar-refractivity contribution is -0.156. The van der Waals surface area contributed by atoms with Gasteiger partial charge in [-0.25, -0.2) is 4.79 Å². The highest BCUT2D eigenvalue weighted by Crippen LogP contribution is 2.20. The lowest BCUT2D eigenvalue weighted by Crippen LogP contribution is -2.61. The van der Waals surface area contributed by atoms with Gasteiger partial charge in [0.1, 0.15) is 48.4 Å². The van der Waals surface area contributed by atoms with Crippen LogP contribution >= 0.6 is 0 Å². The summed E-state index contributed by atoms with van der Waals surface area (Å²) in [7, 11) is 0. The van der Waals surface area contributed by atoms with Crippen molar-refractivity contribution < 1.29 is 62.9 Å². The summed E-state index contributed by atoms with van der Waals surface area (Å²) in [6, 6.07) is -9.66. The third-order valence-corrected chi connectivity index (χ3v) is 12.8. The number of carbonyl (C=O) groups excluding carboxylic acids is 8. The smallest absolute Gasteiger partial charge is 0.329 e. The molecule has 418 valence electrons. The molecule has 1 aliphatic rings. The first-order chi connectivity index (χ1) is 34.1. The maximum absolute atomic E-state index is 14.3. The molecule has 1 saturated heterocycles. The molecular formula is C53H93N7O13. The molecular weight excluding hydrogens is 943 g/mol. The summed E-state index contributed by atoms with van der Waals surface area (Å²) in [5.41, 5.74) is 0. The summed E-state index contributed by atoms with van der Waals surface area (Å²) in [4.78, 5) is 137. The lowest BCUT2D eigenvalue weighted by atomic mass is 9.97. The lowest BCUT2D eigenvalue weighted by Gasteiger charge is -2.30. The van der Waals surface area contributed by atoms with E-state index in [1.54, 1.807) is 69.2 Å². The Labute approximate surface area is 434 Å². The zero-order chi connectivity index (χ0) is 55.5. The predicted octanol–water partition coefficient (Wildman–Crippen LogP) is 5.04. The van der Waals surface area contributed by atoms with Crippen LogP contribution in [0, 0.1) is 35.5 Å². The molecule has 9 atom stereocenters. The summed E-state index contributed by atoms with van der Waals surface area (Å²) in [5.74, 6) is -10.5. The standard InChI is InChI=1S/C53H93N7O13/c1-13-35(12)46-53(72)73-36(22-20-18-16-14-15-17-19-21-30(2)3)28-42(61)54-37(23-24-43(62)63)47(66)55-38(25-31(4)5)48(67)56-39(26-32(6)7)50(69)59-45(34(10)11)52(71)58-41(29-44(64)65)49(68)57-40(27-33(8)9)51(70)60-46/h30-41,45-46H,13-29H2,1-12H3,(H,54,61)(H,55,66)(H,56,67)(H,57,68)(H,58,71)(H,59,69)(H,60,70)(H,62,63)(H,64,65)/t35-,36?,37-,38-,39+,40+,41-,45-,46-/m0/s1. The molecule has 9 N–H and O–H groups in total. The molecule has 0 radical (unpaired) electrons. The van der Waals surface area contributed by atoms with Gasteiger partial charge in [-0.3, -0.25) is 43.2 Å². The number of amides is 7. The minimum Gasteiger partial charge on any atom is -0.481 e. The molecule has 0 saturated carbocycles. The maximum Gasteiger partial charge on any atom is 0.329 e. The Morgan fingerprint density at radius 3 is 1.36 bits per heavy atom. The van der Waals surface area contributed by atoms with Gasteiger partial charge in [0.2, 0.25) is 41.4 Å². The number of ether oxygens (including phenoxy) is 1. The van der Waals surface area contributed by atoms with Crippen molar-refractivity contribution in [2.75, 3.05) is 0 Å². The number of nitrogens with one attached hydrogen (secondary N) is 7. The number of carboxylic acids is 2. The summed E-state index contributed by atoms with van der Waals surface area (Å²) < 4.78 is 6.06. The van der Waals surface area contributed by atoms with Crippen molar-refractivity contribution in [3.05, 3.63) is 0 Å². The molecule has 20 nitrogen and oxygen atoms in total. The van der Waals surface area contributed by atoms with E-state index in [1.165, 1.54) is 0 Å². The number of hydrogen-bond acceptors (Lipinski definition) is 11. The molecule has 1 fully saturated rings. The monoisotopic (exact) mass is 1040 g/mol. The molecule has 0 bridgehead atoms. The van der Waals surface area contributed by atoms with Gasteiger partial charge in [0.15, 0.2) is 0 Å². The van der Waals surface area contributed by atoms with Crippen molar-refractivity contribution in [2.24, 2.45) is 35.5 Å². The highest BCUT2D eigenvalue weighted by molar-refractivity contribution is 5.98. The van der Waals surface area contributed by atoms with Crippen LogP contribution in [0.15, 0.2) is 0 Å². The Hall–Kier alpha value is -5.30. The number of rotatable bonds is 24. The number of carbonyl (C=O) groups is 10. The van der Waals surface area contributed by atoms with E-state index in [4.69, 9.17) is 4.74 Å². The minimum atomic E-state index is -1.72. The van der Waals surface area contributed by atoms with Crippen LogP contribution in [0.4, 0.5) is 0 Å². The molecule has 0 spiro atoms. The van der Waals surface area contributed by atoms with Crippen LogP contribution in [0.2, 0.25) is 0 Å². The van der Waals surface area contributed by atoms with Gasteiger partial charge in [-0.15, -0.1) is 0 Å². The zero-order valence-electron chi connectivity index (χ0n) is 46.0. The van der Waals surface area contributed by atoms with Gasteiger partial charge in [-0.05, 0) is 74.0 Å². The van der Waals surface area contributed by atoms with E-state index in [9.17, 15) is 58.2 Å². The second-order valence-electron chi connectivity index (χ2n) is 22.1. The zero-order valence-corrected chi connectivity index (χ0v) is 46.0. The highest BCUT2D eigenvalue weighted by Gasteiger charge is 2.38. The van der Waals surface area contributed by atoms with E-state index < -0.39 is 139 Å². The van der Waals surface area contributed by atoms with Crippen LogP contribution in [-0.4, -0.2) is 118 Å². The quantitative estimate of drug-likeness (QED) is 0.0453. The van der Waals surface area contributed by atoms with E-state index in [0.29, 0.717) is 18.8 Å². The summed E-state index contributed by atoms with van der Waals surface area (Å²) in [5, 5.41) is 37.9. The van der Waals surface area contributed by atoms with Gasteiger partial charge in [-0.2, -0.15) is 0 Å². The van der Waals surface area contributed by atoms with E-state index in [0.717, 1.165) is 44.9 Å². The molecule has 1 unspecified atom stereocenters. The van der Waals surface area contributed by atoms with Crippen LogP contribution in [-0.2, 0) is 52.7 Å². The van der Waals surface area contributed by atoms with Gasteiger partial charge in [0.05, 0.1) is 12.8 Å². The normalized spacial score (nSPS) is 24.4. The van der Waals surface area contributed by atoms with Crippen molar-refractivity contribution in [1.29, 1.82) is 0 Å². The molecule has 7 amide bonds. The highest BCUT2D eigenvalue weighted by atomic mass is 16.5.